The normalized spacial score (nSPS) is 10.9. The quantitative estimate of drug-likeness (QED) is 0.187. The summed E-state index contributed by atoms with van der Waals surface area (Å²) in [5, 5.41) is 8.14. The summed E-state index contributed by atoms with van der Waals surface area (Å²) in [4.78, 5) is 25.0. The first-order chi connectivity index (χ1) is 19.3. The van der Waals surface area contributed by atoms with Gasteiger partial charge in [-0.1, -0.05) is 30.3 Å². The molecule has 0 bridgehead atoms. The molecule has 0 saturated heterocycles. The molecule has 4 rings (SSSR count). The van der Waals surface area contributed by atoms with Gasteiger partial charge in [-0.2, -0.15) is 13.2 Å². The molecule has 206 valence electrons. The van der Waals surface area contributed by atoms with Crippen LogP contribution in [0.2, 0.25) is 0 Å². The topological polar surface area (TPSA) is 88.7 Å². The molecule has 0 radical (unpaired) electrons. The lowest BCUT2D eigenvalue weighted by molar-refractivity contribution is -0.137. The summed E-state index contributed by atoms with van der Waals surface area (Å²) in [6, 6.07) is 27.0. The molecule has 10 heteroatoms. The lowest BCUT2D eigenvalue weighted by atomic mass is 10.1. The van der Waals surface area contributed by atoms with Crippen molar-refractivity contribution in [2.24, 2.45) is 0 Å². The Labute approximate surface area is 228 Å². The van der Waals surface area contributed by atoms with Crippen LogP contribution in [0.3, 0.4) is 0 Å². The average molecular weight is 550 g/mol. The van der Waals surface area contributed by atoms with Gasteiger partial charge in [0.15, 0.2) is 0 Å². The van der Waals surface area contributed by atoms with Gasteiger partial charge in [-0.3, -0.25) is 9.59 Å². The molecule has 0 aromatic heterocycles. The van der Waals surface area contributed by atoms with E-state index in [1.165, 1.54) is 24.3 Å². The van der Waals surface area contributed by atoms with E-state index in [2.05, 4.69) is 16.0 Å². The Balaban J connectivity index is 1.22. The molecule has 0 spiro atoms. The summed E-state index contributed by atoms with van der Waals surface area (Å²) < 4.78 is 50.0. The van der Waals surface area contributed by atoms with Gasteiger partial charge in [0.25, 0.3) is 5.91 Å². The molecule has 0 aliphatic heterocycles. The van der Waals surface area contributed by atoms with Crippen LogP contribution in [0.25, 0.3) is 0 Å². The van der Waals surface area contributed by atoms with E-state index in [4.69, 9.17) is 9.47 Å². The Morgan fingerprint density at radius 1 is 0.650 bits per heavy atom. The second-order valence-corrected chi connectivity index (χ2v) is 8.55. The number of amides is 2. The Hall–Kier alpha value is -4.99. The van der Waals surface area contributed by atoms with E-state index in [1.807, 2.05) is 30.3 Å². The summed E-state index contributed by atoms with van der Waals surface area (Å²) >= 11 is 0. The van der Waals surface area contributed by atoms with Crippen LogP contribution in [0.15, 0.2) is 103 Å². The number of para-hydroxylation sites is 1. The lowest BCUT2D eigenvalue weighted by Gasteiger charge is -2.12. The van der Waals surface area contributed by atoms with E-state index in [0.717, 1.165) is 17.9 Å². The van der Waals surface area contributed by atoms with Crippen molar-refractivity contribution in [2.45, 2.75) is 6.18 Å². The second-order valence-electron chi connectivity index (χ2n) is 8.55. The summed E-state index contributed by atoms with van der Waals surface area (Å²) in [6.45, 7) is 0.741. The van der Waals surface area contributed by atoms with Gasteiger partial charge in [-0.05, 0) is 72.8 Å². The third-order valence-corrected chi connectivity index (χ3v) is 5.53. The highest BCUT2D eigenvalue weighted by atomic mass is 19.4. The van der Waals surface area contributed by atoms with E-state index < -0.39 is 17.6 Å². The minimum atomic E-state index is -4.52. The third kappa shape index (κ3) is 8.52. The zero-order valence-electron chi connectivity index (χ0n) is 21.2. The fourth-order valence-corrected chi connectivity index (χ4v) is 3.61. The van der Waals surface area contributed by atoms with E-state index >= 15 is 0 Å². The number of hydrogen-bond acceptors (Lipinski definition) is 5. The number of ether oxygens (including phenoxy) is 2. The van der Waals surface area contributed by atoms with Gasteiger partial charge in [-0.15, -0.1) is 0 Å². The predicted molar refractivity (Wildman–Crippen MR) is 147 cm³/mol. The Morgan fingerprint density at radius 3 is 1.95 bits per heavy atom. The first-order valence-electron chi connectivity index (χ1n) is 12.3. The van der Waals surface area contributed by atoms with Crippen molar-refractivity contribution >= 4 is 28.9 Å². The monoisotopic (exact) mass is 549 g/mol. The molecule has 40 heavy (non-hydrogen) atoms. The highest BCUT2D eigenvalue weighted by Crippen LogP contribution is 2.30. The molecule has 3 N–H and O–H groups in total. The number of hydrogen-bond donors (Lipinski definition) is 3. The molecular weight excluding hydrogens is 523 g/mol. The Bertz CT molecular complexity index is 1430. The molecule has 0 atom stereocenters. The van der Waals surface area contributed by atoms with Crippen molar-refractivity contribution in [1.82, 2.24) is 0 Å². The van der Waals surface area contributed by atoms with Crippen molar-refractivity contribution < 1.29 is 32.2 Å². The van der Waals surface area contributed by atoms with Crippen molar-refractivity contribution in [3.8, 4) is 11.5 Å². The highest BCUT2D eigenvalue weighted by molar-refractivity contribution is 6.05. The van der Waals surface area contributed by atoms with Crippen LogP contribution in [0, 0.1) is 0 Å². The molecule has 0 heterocycles. The summed E-state index contributed by atoms with van der Waals surface area (Å²) in [5.74, 6) is 0.470. The SMILES string of the molecule is O=C(CNc1ccc(OCCOc2ccccc2)cc1)Nc1cccc(C(=O)Nc2cccc(C(F)(F)F)c2)c1. The minimum absolute atomic E-state index is 0.00963. The maximum absolute atomic E-state index is 12.9. The fraction of sp³-hybridized carbons (Fsp3) is 0.133. The second kappa shape index (κ2) is 13.2. The van der Waals surface area contributed by atoms with Gasteiger partial charge < -0.3 is 25.4 Å². The van der Waals surface area contributed by atoms with Gasteiger partial charge in [-0.25, -0.2) is 0 Å². The number of halogens is 3. The summed E-state index contributed by atoms with van der Waals surface area (Å²) in [6.07, 6.45) is -4.52. The van der Waals surface area contributed by atoms with Crippen LogP contribution in [0.4, 0.5) is 30.2 Å². The molecule has 0 aliphatic carbocycles. The van der Waals surface area contributed by atoms with Crippen molar-refractivity contribution in [2.75, 3.05) is 35.7 Å². The van der Waals surface area contributed by atoms with Crippen LogP contribution in [0.5, 0.6) is 11.5 Å². The van der Waals surface area contributed by atoms with Gasteiger partial charge in [0.1, 0.15) is 24.7 Å². The van der Waals surface area contributed by atoms with E-state index in [0.29, 0.717) is 30.3 Å². The molecule has 0 aliphatic rings. The zero-order valence-corrected chi connectivity index (χ0v) is 21.2. The van der Waals surface area contributed by atoms with Gasteiger partial charge in [0.2, 0.25) is 5.91 Å². The largest absolute Gasteiger partial charge is 0.490 e. The Morgan fingerprint density at radius 2 is 1.27 bits per heavy atom. The number of carbonyl (C=O) groups is 2. The zero-order chi connectivity index (χ0) is 28.4. The highest BCUT2D eigenvalue weighted by Gasteiger charge is 2.30. The minimum Gasteiger partial charge on any atom is -0.490 e. The number of alkyl halides is 3. The number of anilines is 3. The summed E-state index contributed by atoms with van der Waals surface area (Å²) in [5.41, 5.74) is 0.389. The van der Waals surface area contributed by atoms with Gasteiger partial charge in [0.05, 0.1) is 12.1 Å². The van der Waals surface area contributed by atoms with Crippen LogP contribution in [0.1, 0.15) is 15.9 Å². The number of carbonyl (C=O) groups excluding carboxylic acids is 2. The molecule has 0 saturated carbocycles. The number of benzene rings is 4. The van der Waals surface area contributed by atoms with Crippen LogP contribution in [-0.4, -0.2) is 31.6 Å². The first-order valence-corrected chi connectivity index (χ1v) is 12.3. The molecule has 2 amide bonds. The maximum atomic E-state index is 12.9. The van der Waals surface area contributed by atoms with E-state index in [9.17, 15) is 22.8 Å². The molecule has 4 aromatic carbocycles. The van der Waals surface area contributed by atoms with Crippen LogP contribution in [-0.2, 0) is 11.0 Å². The lowest BCUT2D eigenvalue weighted by Crippen LogP contribution is -2.22. The maximum Gasteiger partial charge on any atom is 0.416 e. The van der Waals surface area contributed by atoms with Crippen LogP contribution >= 0.6 is 0 Å². The molecule has 7 nitrogen and oxygen atoms in total. The standard InChI is InChI=1S/C30H26F3N3O4/c31-30(32,33)22-7-5-9-25(19-22)36-29(38)21-6-4-8-24(18-21)35-28(37)20-34-23-12-14-27(15-13-23)40-17-16-39-26-10-2-1-3-11-26/h1-15,18-19,34H,16-17,20H2,(H,35,37)(H,36,38). The number of nitrogens with one attached hydrogen (secondary N) is 3. The van der Waals surface area contributed by atoms with Crippen molar-refractivity contribution in [3.63, 3.8) is 0 Å². The molecule has 0 unspecified atom stereocenters. The fourth-order valence-electron chi connectivity index (χ4n) is 3.61. The van der Waals surface area contributed by atoms with E-state index in [1.54, 1.807) is 36.4 Å². The van der Waals surface area contributed by atoms with Gasteiger partial charge >= 0.3 is 6.18 Å². The van der Waals surface area contributed by atoms with Crippen molar-refractivity contribution in [3.05, 3.63) is 114 Å². The Kier molecular flexibility index (Phi) is 9.24. The smallest absolute Gasteiger partial charge is 0.416 e. The molecular formula is C30H26F3N3O4. The molecule has 4 aromatic rings. The molecule has 0 fully saturated rings. The van der Waals surface area contributed by atoms with E-state index in [-0.39, 0.29) is 23.7 Å². The number of rotatable bonds is 11. The first kappa shape index (κ1) is 28.0. The predicted octanol–water partition coefficient (Wildman–Crippen LogP) is 6.47. The average Bonchev–Trinajstić information content (AvgIpc) is 2.95. The summed E-state index contributed by atoms with van der Waals surface area (Å²) in [7, 11) is 0. The third-order valence-electron chi connectivity index (χ3n) is 5.53. The van der Waals surface area contributed by atoms with Gasteiger partial charge in [0, 0.05) is 22.6 Å². The van der Waals surface area contributed by atoms with Crippen LogP contribution < -0.4 is 25.4 Å². The van der Waals surface area contributed by atoms with Crippen molar-refractivity contribution in [1.29, 1.82) is 0 Å².